The monoisotopic (exact) mass is 398 g/mol. The van der Waals surface area contributed by atoms with Crippen molar-refractivity contribution < 1.29 is 37.8 Å². The third-order valence-corrected chi connectivity index (χ3v) is 3.73. The van der Waals surface area contributed by atoms with Crippen LogP contribution in [0.4, 0.5) is 11.4 Å². The maximum Gasteiger partial charge on any atom is 0.524 e. The second kappa shape index (κ2) is 8.72. The van der Waals surface area contributed by atoms with E-state index >= 15 is 0 Å². The van der Waals surface area contributed by atoms with Crippen LogP contribution in [0.1, 0.15) is 0 Å². The number of nitrogens with zero attached hydrogens (tertiary/aromatic N) is 2. The summed E-state index contributed by atoms with van der Waals surface area (Å²) >= 11 is 0. The third-order valence-electron chi connectivity index (χ3n) is 3.29. The van der Waals surface area contributed by atoms with Gasteiger partial charge in [-0.2, -0.15) is 10.2 Å². The van der Waals surface area contributed by atoms with E-state index in [0.29, 0.717) is 22.9 Å². The van der Waals surface area contributed by atoms with Gasteiger partial charge in [0.1, 0.15) is 0 Å². The van der Waals surface area contributed by atoms with Gasteiger partial charge in [0.2, 0.25) is 5.75 Å². The number of rotatable bonds is 8. The Morgan fingerprint density at radius 1 is 0.741 bits per heavy atom. The predicted molar refractivity (Wildman–Crippen MR) is 95.9 cm³/mol. The highest BCUT2D eigenvalue weighted by Gasteiger charge is 2.19. The number of methoxy groups -OCH3 is 4. The van der Waals surface area contributed by atoms with Gasteiger partial charge >= 0.3 is 7.82 Å². The molecule has 0 saturated carbocycles. The number of azo groups is 1. The van der Waals surface area contributed by atoms with Crippen molar-refractivity contribution in [1.29, 1.82) is 0 Å². The first kappa shape index (κ1) is 20.5. The minimum atomic E-state index is -4.75. The molecule has 0 saturated heterocycles. The van der Waals surface area contributed by atoms with E-state index in [1.165, 1.54) is 40.6 Å². The Kier molecular flexibility index (Phi) is 6.62. The largest absolute Gasteiger partial charge is 0.524 e. The highest BCUT2D eigenvalue weighted by atomic mass is 31.2. The summed E-state index contributed by atoms with van der Waals surface area (Å²) in [5.74, 6) is 1.22. The molecule has 10 nitrogen and oxygen atoms in total. The standard InChI is InChI=1S/C16H19N2O8P/c1-22-12-6-5-10(7-13(12)26-27(19,20)21)17-18-11-8-14(23-2)16(25-4)15(9-11)24-3/h5-9H,1-4H3,(H2,19,20,21). The molecule has 2 aromatic rings. The maximum atomic E-state index is 11.1. The summed E-state index contributed by atoms with van der Waals surface area (Å²) in [5.41, 5.74) is 0.700. The number of hydrogen-bond acceptors (Lipinski definition) is 8. The fourth-order valence-electron chi connectivity index (χ4n) is 2.17. The zero-order valence-corrected chi connectivity index (χ0v) is 16.0. The van der Waals surface area contributed by atoms with Gasteiger partial charge in [-0.15, -0.1) is 0 Å². The molecule has 0 unspecified atom stereocenters. The molecule has 0 heterocycles. The summed E-state index contributed by atoms with van der Waals surface area (Å²) in [6, 6.07) is 7.49. The lowest BCUT2D eigenvalue weighted by atomic mass is 10.2. The highest BCUT2D eigenvalue weighted by molar-refractivity contribution is 7.46. The summed E-state index contributed by atoms with van der Waals surface area (Å²) in [6.45, 7) is 0. The van der Waals surface area contributed by atoms with Gasteiger partial charge in [0, 0.05) is 18.2 Å². The number of benzene rings is 2. The molecule has 0 aliphatic rings. The average Bonchev–Trinajstić information content (AvgIpc) is 2.64. The molecule has 0 spiro atoms. The number of phosphoric ester groups is 1. The van der Waals surface area contributed by atoms with Crippen LogP contribution in [-0.2, 0) is 4.57 Å². The van der Waals surface area contributed by atoms with Crippen molar-refractivity contribution >= 4 is 19.2 Å². The topological polar surface area (TPSA) is 128 Å². The van der Waals surface area contributed by atoms with Crippen LogP contribution in [0.3, 0.4) is 0 Å². The van der Waals surface area contributed by atoms with Gasteiger partial charge in [-0.3, -0.25) is 9.79 Å². The van der Waals surface area contributed by atoms with Crippen LogP contribution < -0.4 is 23.5 Å². The van der Waals surface area contributed by atoms with Gasteiger partial charge in [-0.05, 0) is 12.1 Å². The quantitative estimate of drug-likeness (QED) is 0.510. The zero-order chi connectivity index (χ0) is 20.0. The van der Waals surface area contributed by atoms with Gasteiger partial charge in [0.05, 0.1) is 39.8 Å². The Bertz CT molecular complexity index is 856. The van der Waals surface area contributed by atoms with E-state index < -0.39 is 7.82 Å². The van der Waals surface area contributed by atoms with Gasteiger partial charge in [0.15, 0.2) is 23.0 Å². The number of phosphoric acid groups is 1. The van der Waals surface area contributed by atoms with E-state index in [1.807, 2.05) is 0 Å². The summed E-state index contributed by atoms with van der Waals surface area (Å²) in [5, 5.41) is 8.11. The third kappa shape index (κ3) is 5.33. The predicted octanol–water partition coefficient (Wildman–Crippen LogP) is 3.61. The Hall–Kier alpha value is -2.81. The molecule has 0 aliphatic heterocycles. The second-order valence-electron chi connectivity index (χ2n) is 5.00. The van der Waals surface area contributed by atoms with E-state index in [9.17, 15) is 4.57 Å². The van der Waals surface area contributed by atoms with Gasteiger partial charge < -0.3 is 23.5 Å². The lowest BCUT2D eigenvalue weighted by molar-refractivity contribution is 0.276. The summed E-state index contributed by atoms with van der Waals surface area (Å²) in [4.78, 5) is 18.0. The van der Waals surface area contributed by atoms with E-state index in [0.717, 1.165) is 0 Å². The first-order valence-corrected chi connectivity index (χ1v) is 8.99. The molecular weight excluding hydrogens is 379 g/mol. The van der Waals surface area contributed by atoms with Crippen molar-refractivity contribution in [2.75, 3.05) is 28.4 Å². The van der Waals surface area contributed by atoms with E-state index in [1.54, 1.807) is 18.2 Å². The number of ether oxygens (including phenoxy) is 4. The lowest BCUT2D eigenvalue weighted by Crippen LogP contribution is -1.94. The van der Waals surface area contributed by atoms with Crippen molar-refractivity contribution in [3.05, 3.63) is 30.3 Å². The lowest BCUT2D eigenvalue weighted by Gasteiger charge is -2.12. The minimum Gasteiger partial charge on any atom is -0.493 e. The molecule has 0 bridgehead atoms. The molecule has 0 radical (unpaired) electrons. The van der Waals surface area contributed by atoms with E-state index in [2.05, 4.69) is 14.8 Å². The van der Waals surface area contributed by atoms with Crippen LogP contribution in [-0.4, -0.2) is 38.2 Å². The molecule has 146 valence electrons. The Morgan fingerprint density at radius 3 is 1.74 bits per heavy atom. The minimum absolute atomic E-state index is 0.144. The SMILES string of the molecule is COc1ccc(N=Nc2cc(OC)c(OC)c(OC)c2)cc1OP(=O)(O)O. The van der Waals surface area contributed by atoms with Crippen molar-refractivity contribution in [2.24, 2.45) is 10.2 Å². The van der Waals surface area contributed by atoms with Crippen LogP contribution >= 0.6 is 7.82 Å². The fraction of sp³-hybridized carbons (Fsp3) is 0.250. The fourth-order valence-corrected chi connectivity index (χ4v) is 2.57. The van der Waals surface area contributed by atoms with Crippen LogP contribution in [0, 0.1) is 0 Å². The van der Waals surface area contributed by atoms with E-state index in [-0.39, 0.29) is 17.2 Å². The zero-order valence-electron chi connectivity index (χ0n) is 15.1. The molecule has 27 heavy (non-hydrogen) atoms. The molecule has 0 amide bonds. The van der Waals surface area contributed by atoms with Gasteiger partial charge in [0.25, 0.3) is 0 Å². The summed E-state index contributed by atoms with van der Waals surface area (Å²) < 4.78 is 36.4. The van der Waals surface area contributed by atoms with Crippen molar-refractivity contribution in [3.8, 4) is 28.7 Å². The van der Waals surface area contributed by atoms with Crippen molar-refractivity contribution in [1.82, 2.24) is 0 Å². The molecule has 0 fully saturated rings. The number of hydrogen-bond donors (Lipinski definition) is 2. The van der Waals surface area contributed by atoms with Crippen LogP contribution in [0.5, 0.6) is 28.7 Å². The smallest absolute Gasteiger partial charge is 0.493 e. The summed E-state index contributed by atoms with van der Waals surface area (Å²) in [7, 11) is 1.04. The Labute approximate surface area is 155 Å². The van der Waals surface area contributed by atoms with Crippen molar-refractivity contribution in [2.45, 2.75) is 0 Å². The molecular formula is C16H19N2O8P. The van der Waals surface area contributed by atoms with Crippen LogP contribution in [0.15, 0.2) is 40.6 Å². The molecule has 2 aromatic carbocycles. The van der Waals surface area contributed by atoms with Crippen LogP contribution in [0.2, 0.25) is 0 Å². The first-order chi connectivity index (χ1) is 12.8. The van der Waals surface area contributed by atoms with E-state index in [4.69, 9.17) is 28.7 Å². The van der Waals surface area contributed by atoms with Crippen LogP contribution in [0.25, 0.3) is 0 Å². The van der Waals surface area contributed by atoms with Gasteiger partial charge in [-0.25, -0.2) is 4.57 Å². The summed E-state index contributed by atoms with van der Waals surface area (Å²) in [6.07, 6.45) is 0. The average molecular weight is 398 g/mol. The molecule has 0 aliphatic carbocycles. The molecule has 2 rings (SSSR count). The van der Waals surface area contributed by atoms with Crippen molar-refractivity contribution in [3.63, 3.8) is 0 Å². The molecule has 2 N–H and O–H groups in total. The second-order valence-corrected chi connectivity index (χ2v) is 6.16. The first-order valence-electron chi connectivity index (χ1n) is 7.46. The Morgan fingerprint density at radius 2 is 1.26 bits per heavy atom. The maximum absolute atomic E-state index is 11.1. The molecule has 0 aromatic heterocycles. The van der Waals surface area contributed by atoms with Gasteiger partial charge in [-0.1, -0.05) is 0 Å². The normalized spacial score (nSPS) is 11.3. The Balaban J connectivity index is 2.37. The molecule has 11 heteroatoms. The highest BCUT2D eigenvalue weighted by Crippen LogP contribution is 2.44. The molecule has 0 atom stereocenters.